The Labute approximate surface area is 236 Å². The second-order valence-corrected chi connectivity index (χ2v) is 13.8. The lowest BCUT2D eigenvalue weighted by atomic mass is 10.0. The molecule has 0 fully saturated rings. The first-order valence-electron chi connectivity index (χ1n) is 13.5. The lowest BCUT2D eigenvalue weighted by Crippen LogP contribution is -2.77. The topological polar surface area (TPSA) is 7.60 Å². The molecule has 0 spiro atoms. The van der Waals surface area contributed by atoms with Crippen LogP contribution >= 0.6 is 0 Å². The van der Waals surface area contributed by atoms with Gasteiger partial charge >= 0.3 is 0 Å². The minimum atomic E-state index is -2.59. The zero-order valence-electron chi connectivity index (χ0n) is 21.9. The minimum absolute atomic E-state index is 0.659. The van der Waals surface area contributed by atoms with Gasteiger partial charge in [-0.05, 0) is 56.1 Å². The van der Waals surface area contributed by atoms with E-state index in [9.17, 15) is 0 Å². The molecule has 0 saturated heterocycles. The number of fused-ring (bicyclic) bond motifs is 2. The fourth-order valence-corrected chi connectivity index (χ4v) is 11.3. The lowest BCUT2D eigenvalue weighted by Gasteiger charge is -2.45. The molecule has 1 aliphatic rings. The quantitative estimate of drug-likeness (QED) is 0.176. The van der Waals surface area contributed by atoms with Gasteiger partial charge in [-0.1, -0.05) is 133 Å². The lowest BCUT2D eigenvalue weighted by molar-refractivity contribution is 1.29. The molecule has 6 aromatic carbocycles. The SMILES string of the molecule is [C-]#[N+]c1ccc(-c2ccc(N3c4ccccc4[Si](c4ccccc4)(c4ccccc4)c4ccccc43)cc2)cc1. The Hall–Kier alpha value is -5.17. The second-order valence-electron chi connectivity index (χ2n) is 10.1. The molecule has 7 rings (SSSR count). The van der Waals surface area contributed by atoms with E-state index in [0.29, 0.717) is 5.69 Å². The molecule has 2 nitrogen and oxygen atoms in total. The van der Waals surface area contributed by atoms with E-state index >= 15 is 0 Å². The Morgan fingerprint density at radius 3 is 1.35 bits per heavy atom. The molecule has 0 unspecified atom stereocenters. The highest BCUT2D eigenvalue weighted by atomic mass is 28.3. The predicted octanol–water partition coefficient (Wildman–Crippen LogP) is 7.06. The van der Waals surface area contributed by atoms with Crippen molar-refractivity contribution >= 4 is 51.6 Å². The normalized spacial score (nSPS) is 13.1. The molecule has 0 saturated carbocycles. The third-order valence-corrected chi connectivity index (χ3v) is 12.8. The van der Waals surface area contributed by atoms with Crippen molar-refractivity contribution in [2.45, 2.75) is 0 Å². The second kappa shape index (κ2) is 9.85. The van der Waals surface area contributed by atoms with Gasteiger partial charge in [0.2, 0.25) is 0 Å². The molecule has 6 aromatic rings. The van der Waals surface area contributed by atoms with Gasteiger partial charge in [-0.15, -0.1) is 0 Å². The third kappa shape index (κ3) is 3.70. The number of nitrogens with zero attached hydrogens (tertiary/aromatic N) is 2. The Morgan fingerprint density at radius 2 is 0.875 bits per heavy atom. The van der Waals surface area contributed by atoms with Crippen molar-refractivity contribution in [3.8, 4) is 11.1 Å². The van der Waals surface area contributed by atoms with Crippen LogP contribution in [-0.2, 0) is 0 Å². The number of benzene rings is 6. The van der Waals surface area contributed by atoms with Gasteiger partial charge in [0, 0.05) is 17.1 Å². The fraction of sp³-hybridized carbons (Fsp3) is 0. The van der Waals surface area contributed by atoms with E-state index < -0.39 is 8.07 Å². The maximum Gasteiger partial charge on any atom is 0.187 e. The Balaban J connectivity index is 1.45. The summed E-state index contributed by atoms with van der Waals surface area (Å²) in [5.41, 5.74) is 6.50. The zero-order valence-corrected chi connectivity index (χ0v) is 22.9. The van der Waals surface area contributed by atoms with Crippen molar-refractivity contribution in [3.05, 3.63) is 169 Å². The van der Waals surface area contributed by atoms with Crippen LogP contribution in [-0.4, -0.2) is 8.07 Å². The zero-order chi connectivity index (χ0) is 26.9. The largest absolute Gasteiger partial charge is 0.311 e. The van der Waals surface area contributed by atoms with E-state index in [2.05, 4.69) is 143 Å². The van der Waals surface area contributed by atoms with E-state index in [1.54, 1.807) is 0 Å². The predicted molar refractivity (Wildman–Crippen MR) is 170 cm³/mol. The van der Waals surface area contributed by atoms with Crippen LogP contribution < -0.4 is 25.6 Å². The van der Waals surface area contributed by atoms with Gasteiger partial charge in [0.25, 0.3) is 0 Å². The summed E-state index contributed by atoms with van der Waals surface area (Å²) in [5, 5.41) is 5.56. The number of hydrogen-bond acceptors (Lipinski definition) is 1. The van der Waals surface area contributed by atoms with Gasteiger partial charge in [0.15, 0.2) is 13.8 Å². The summed E-state index contributed by atoms with van der Waals surface area (Å²) in [7, 11) is -2.59. The van der Waals surface area contributed by atoms with E-state index in [0.717, 1.165) is 16.8 Å². The highest BCUT2D eigenvalue weighted by molar-refractivity contribution is 7.21. The van der Waals surface area contributed by atoms with Gasteiger partial charge in [-0.25, -0.2) is 4.85 Å². The molecule has 0 aromatic heterocycles. The standard InChI is InChI=1S/C37H26N2Si/c1-38-30-24-20-28(21-25-30)29-22-26-31(27-23-29)39-34-16-8-10-18-36(34)40(32-12-4-2-5-13-32,33-14-6-3-7-15-33)37-19-11-9-17-35(37)39/h2-27H. The minimum Gasteiger partial charge on any atom is -0.311 e. The molecule has 3 heteroatoms. The number of anilines is 3. The number of para-hydroxylation sites is 2. The monoisotopic (exact) mass is 526 g/mol. The molecular formula is C37H26N2Si. The number of rotatable bonds is 4. The van der Waals surface area contributed by atoms with Crippen molar-refractivity contribution in [2.75, 3.05) is 4.90 Å². The van der Waals surface area contributed by atoms with Crippen LogP contribution in [0.25, 0.3) is 16.0 Å². The summed E-state index contributed by atoms with van der Waals surface area (Å²) >= 11 is 0. The van der Waals surface area contributed by atoms with Gasteiger partial charge in [0.05, 0.1) is 6.57 Å². The first-order valence-corrected chi connectivity index (χ1v) is 15.5. The van der Waals surface area contributed by atoms with E-state index in [1.165, 1.54) is 32.1 Å². The summed E-state index contributed by atoms with van der Waals surface area (Å²) in [5.74, 6) is 0. The Morgan fingerprint density at radius 1 is 0.450 bits per heavy atom. The maximum atomic E-state index is 7.24. The average molecular weight is 527 g/mol. The van der Waals surface area contributed by atoms with Crippen LogP contribution in [0.2, 0.25) is 0 Å². The molecule has 1 aliphatic heterocycles. The summed E-state index contributed by atoms with van der Waals surface area (Å²) in [4.78, 5) is 5.95. The molecule has 1 heterocycles. The molecule has 0 N–H and O–H groups in total. The van der Waals surface area contributed by atoms with Gasteiger partial charge in [-0.3, -0.25) is 0 Å². The molecule has 0 bridgehead atoms. The van der Waals surface area contributed by atoms with Crippen molar-refractivity contribution in [1.82, 2.24) is 0 Å². The van der Waals surface area contributed by atoms with Crippen molar-refractivity contribution < 1.29 is 0 Å². The van der Waals surface area contributed by atoms with E-state index in [-0.39, 0.29) is 0 Å². The van der Waals surface area contributed by atoms with Crippen molar-refractivity contribution in [3.63, 3.8) is 0 Å². The van der Waals surface area contributed by atoms with Crippen molar-refractivity contribution in [2.24, 2.45) is 0 Å². The molecule has 188 valence electrons. The van der Waals surface area contributed by atoms with Crippen LogP contribution in [0, 0.1) is 6.57 Å². The van der Waals surface area contributed by atoms with Crippen LogP contribution in [0.1, 0.15) is 0 Å². The highest BCUT2D eigenvalue weighted by Gasteiger charge is 2.48. The Kier molecular flexibility index (Phi) is 5.89. The number of hydrogen-bond donors (Lipinski definition) is 0. The molecule has 0 aliphatic carbocycles. The molecule has 0 radical (unpaired) electrons. The van der Waals surface area contributed by atoms with Crippen LogP contribution in [0.3, 0.4) is 0 Å². The average Bonchev–Trinajstić information content (AvgIpc) is 3.04. The van der Waals surface area contributed by atoms with Gasteiger partial charge < -0.3 is 4.90 Å². The first kappa shape index (κ1) is 23.9. The molecule has 0 atom stereocenters. The maximum absolute atomic E-state index is 7.24. The van der Waals surface area contributed by atoms with Crippen LogP contribution in [0.15, 0.2) is 158 Å². The van der Waals surface area contributed by atoms with Gasteiger partial charge in [0.1, 0.15) is 0 Å². The van der Waals surface area contributed by atoms with E-state index in [4.69, 9.17) is 6.57 Å². The first-order chi connectivity index (χ1) is 19.8. The van der Waals surface area contributed by atoms with Crippen LogP contribution in [0.5, 0.6) is 0 Å². The fourth-order valence-electron chi connectivity index (χ4n) is 6.22. The third-order valence-electron chi connectivity index (χ3n) is 7.97. The summed E-state index contributed by atoms with van der Waals surface area (Å²) in [6.45, 7) is 7.24. The molecular weight excluding hydrogens is 501 g/mol. The van der Waals surface area contributed by atoms with Crippen molar-refractivity contribution in [1.29, 1.82) is 0 Å². The smallest absolute Gasteiger partial charge is 0.187 e. The van der Waals surface area contributed by atoms with E-state index in [1.807, 2.05) is 24.3 Å². The summed E-state index contributed by atoms with van der Waals surface area (Å²) in [6.07, 6.45) is 0. The van der Waals surface area contributed by atoms with Gasteiger partial charge in [-0.2, -0.15) is 0 Å². The van der Waals surface area contributed by atoms with Crippen LogP contribution in [0.4, 0.5) is 22.7 Å². The highest BCUT2D eigenvalue weighted by Crippen LogP contribution is 2.38. The molecule has 40 heavy (non-hydrogen) atoms. The summed E-state index contributed by atoms with van der Waals surface area (Å²) in [6, 6.07) is 56.7. The summed E-state index contributed by atoms with van der Waals surface area (Å²) < 4.78 is 0. The molecule has 0 amide bonds. The Bertz CT molecular complexity index is 1750.